The second-order valence-corrected chi connectivity index (χ2v) is 5.89. The molecule has 0 unspecified atom stereocenters. The number of nitrogens with zero attached hydrogens (tertiary/aromatic N) is 3. The van der Waals surface area contributed by atoms with E-state index in [4.69, 9.17) is 4.74 Å². The van der Waals surface area contributed by atoms with E-state index in [1.165, 1.54) is 19.3 Å². The fourth-order valence-corrected chi connectivity index (χ4v) is 2.91. The van der Waals surface area contributed by atoms with Gasteiger partial charge >= 0.3 is 0 Å². The molecule has 1 amide bonds. The lowest BCUT2D eigenvalue weighted by molar-refractivity contribution is -0.138. The molecule has 5 nitrogen and oxygen atoms in total. The molecular weight excluding hydrogens is 278 g/mol. The first-order valence-electron chi connectivity index (χ1n) is 8.13. The molecule has 2 heterocycles. The maximum atomic E-state index is 12.9. The SMILES string of the molecule is COCCN(Cc1cccnc1)C(=O)[C@H](C)N1CCCCC1. The second kappa shape index (κ2) is 8.86. The molecule has 122 valence electrons. The van der Waals surface area contributed by atoms with Crippen LogP contribution in [-0.4, -0.2) is 60.1 Å². The van der Waals surface area contributed by atoms with Crippen molar-refractivity contribution in [1.82, 2.24) is 14.8 Å². The van der Waals surface area contributed by atoms with Gasteiger partial charge < -0.3 is 9.64 Å². The van der Waals surface area contributed by atoms with Gasteiger partial charge in [0.2, 0.25) is 5.91 Å². The number of pyridine rings is 1. The minimum atomic E-state index is -0.0613. The van der Waals surface area contributed by atoms with Crippen LogP contribution in [0.2, 0.25) is 0 Å². The molecule has 5 heteroatoms. The summed E-state index contributed by atoms with van der Waals surface area (Å²) >= 11 is 0. The van der Waals surface area contributed by atoms with Gasteiger partial charge in [0.1, 0.15) is 0 Å². The van der Waals surface area contributed by atoms with E-state index < -0.39 is 0 Å². The molecule has 0 spiro atoms. The number of rotatable bonds is 7. The Bertz CT molecular complexity index is 446. The summed E-state index contributed by atoms with van der Waals surface area (Å²) in [6.07, 6.45) is 7.23. The molecule has 0 aromatic carbocycles. The molecule has 0 radical (unpaired) electrons. The first kappa shape index (κ1) is 16.9. The third-order valence-corrected chi connectivity index (χ3v) is 4.27. The average molecular weight is 305 g/mol. The van der Waals surface area contributed by atoms with E-state index in [9.17, 15) is 4.79 Å². The van der Waals surface area contributed by atoms with E-state index in [-0.39, 0.29) is 11.9 Å². The van der Waals surface area contributed by atoms with Gasteiger partial charge in [-0.2, -0.15) is 0 Å². The van der Waals surface area contributed by atoms with Crippen molar-refractivity contribution in [3.05, 3.63) is 30.1 Å². The van der Waals surface area contributed by atoms with Crippen LogP contribution in [0, 0.1) is 0 Å². The molecule has 1 saturated heterocycles. The number of piperidine rings is 1. The number of carbonyl (C=O) groups is 1. The lowest BCUT2D eigenvalue weighted by Crippen LogP contribution is -2.49. The predicted octanol–water partition coefficient (Wildman–Crippen LogP) is 1.93. The fraction of sp³-hybridized carbons (Fsp3) is 0.647. The van der Waals surface area contributed by atoms with Crippen LogP contribution in [0.25, 0.3) is 0 Å². The third-order valence-electron chi connectivity index (χ3n) is 4.27. The van der Waals surface area contributed by atoms with E-state index >= 15 is 0 Å². The number of likely N-dealkylation sites (tertiary alicyclic amines) is 1. The first-order chi connectivity index (χ1) is 10.7. The quantitative estimate of drug-likeness (QED) is 0.772. The van der Waals surface area contributed by atoms with Crippen LogP contribution >= 0.6 is 0 Å². The maximum absolute atomic E-state index is 12.9. The van der Waals surface area contributed by atoms with Crippen LogP contribution in [0.5, 0.6) is 0 Å². The van der Waals surface area contributed by atoms with Crippen molar-refractivity contribution in [3.63, 3.8) is 0 Å². The third kappa shape index (κ3) is 4.78. The summed E-state index contributed by atoms with van der Waals surface area (Å²) in [6, 6.07) is 3.85. The summed E-state index contributed by atoms with van der Waals surface area (Å²) < 4.78 is 5.16. The van der Waals surface area contributed by atoms with Crippen LogP contribution in [0.15, 0.2) is 24.5 Å². The number of methoxy groups -OCH3 is 1. The Morgan fingerprint density at radius 1 is 1.41 bits per heavy atom. The van der Waals surface area contributed by atoms with Gasteiger partial charge in [-0.05, 0) is 44.5 Å². The first-order valence-corrected chi connectivity index (χ1v) is 8.13. The highest BCUT2D eigenvalue weighted by atomic mass is 16.5. The highest BCUT2D eigenvalue weighted by Crippen LogP contribution is 2.15. The van der Waals surface area contributed by atoms with E-state index in [1.807, 2.05) is 30.2 Å². The number of ether oxygens (including phenoxy) is 1. The lowest BCUT2D eigenvalue weighted by Gasteiger charge is -2.34. The summed E-state index contributed by atoms with van der Waals surface area (Å²) in [5.74, 6) is 0.183. The van der Waals surface area contributed by atoms with Crippen LogP contribution < -0.4 is 0 Å². The standard InChI is InChI=1S/C17H27N3O2/c1-15(19-9-4-3-5-10-19)17(21)20(11-12-22-2)14-16-7-6-8-18-13-16/h6-8,13,15H,3-5,9-12,14H2,1-2H3/t15-/m0/s1. The second-order valence-electron chi connectivity index (χ2n) is 5.89. The molecule has 1 fully saturated rings. The number of hydrogen-bond acceptors (Lipinski definition) is 4. The molecule has 0 saturated carbocycles. The number of carbonyl (C=O) groups excluding carboxylic acids is 1. The van der Waals surface area contributed by atoms with E-state index in [0.29, 0.717) is 19.7 Å². The van der Waals surface area contributed by atoms with Gasteiger partial charge in [0.05, 0.1) is 12.6 Å². The molecule has 0 N–H and O–H groups in total. The monoisotopic (exact) mass is 305 g/mol. The minimum absolute atomic E-state index is 0.0613. The molecule has 1 atom stereocenters. The molecular formula is C17H27N3O2. The summed E-state index contributed by atoms with van der Waals surface area (Å²) in [5, 5.41) is 0. The molecule has 2 rings (SSSR count). The van der Waals surface area contributed by atoms with Gasteiger partial charge in [0.15, 0.2) is 0 Å². The van der Waals surface area contributed by atoms with E-state index in [1.54, 1.807) is 13.3 Å². The Morgan fingerprint density at radius 2 is 2.18 bits per heavy atom. The largest absolute Gasteiger partial charge is 0.383 e. The van der Waals surface area contributed by atoms with Gasteiger partial charge in [-0.15, -0.1) is 0 Å². The Balaban J connectivity index is 2.01. The van der Waals surface area contributed by atoms with Crippen LogP contribution in [0.1, 0.15) is 31.7 Å². The van der Waals surface area contributed by atoms with Crippen molar-refractivity contribution in [2.75, 3.05) is 33.4 Å². The Morgan fingerprint density at radius 3 is 2.82 bits per heavy atom. The van der Waals surface area contributed by atoms with Crippen LogP contribution in [0.3, 0.4) is 0 Å². The Labute approximate surface area is 133 Å². The summed E-state index contributed by atoms with van der Waals surface area (Å²) in [7, 11) is 1.67. The highest BCUT2D eigenvalue weighted by molar-refractivity contribution is 5.81. The van der Waals surface area contributed by atoms with Crippen LogP contribution in [0.4, 0.5) is 0 Å². The van der Waals surface area contributed by atoms with Crippen molar-refractivity contribution in [2.24, 2.45) is 0 Å². The smallest absolute Gasteiger partial charge is 0.240 e. The van der Waals surface area contributed by atoms with Gasteiger partial charge in [0.25, 0.3) is 0 Å². The van der Waals surface area contributed by atoms with Crippen LogP contribution in [-0.2, 0) is 16.1 Å². The maximum Gasteiger partial charge on any atom is 0.240 e. The molecule has 22 heavy (non-hydrogen) atoms. The number of aromatic nitrogens is 1. The normalized spacial score (nSPS) is 17.2. The molecule has 1 aromatic heterocycles. The Hall–Kier alpha value is -1.46. The lowest BCUT2D eigenvalue weighted by atomic mass is 10.1. The van der Waals surface area contributed by atoms with Gasteiger partial charge in [-0.3, -0.25) is 14.7 Å². The Kier molecular flexibility index (Phi) is 6.80. The fourth-order valence-electron chi connectivity index (χ4n) is 2.91. The zero-order valence-corrected chi connectivity index (χ0v) is 13.7. The number of amides is 1. The van der Waals surface area contributed by atoms with Gasteiger partial charge in [-0.25, -0.2) is 0 Å². The van der Waals surface area contributed by atoms with Crippen molar-refractivity contribution in [2.45, 2.75) is 38.8 Å². The zero-order valence-electron chi connectivity index (χ0n) is 13.7. The average Bonchev–Trinajstić information content (AvgIpc) is 2.59. The summed E-state index contributed by atoms with van der Waals surface area (Å²) in [6.45, 7) is 5.84. The van der Waals surface area contributed by atoms with Crippen molar-refractivity contribution < 1.29 is 9.53 Å². The van der Waals surface area contributed by atoms with Gasteiger partial charge in [-0.1, -0.05) is 12.5 Å². The van der Waals surface area contributed by atoms with Crippen molar-refractivity contribution >= 4 is 5.91 Å². The highest BCUT2D eigenvalue weighted by Gasteiger charge is 2.26. The molecule has 1 aliphatic rings. The predicted molar refractivity (Wildman–Crippen MR) is 86.4 cm³/mol. The summed E-state index contributed by atoms with van der Waals surface area (Å²) in [5.41, 5.74) is 1.05. The zero-order chi connectivity index (χ0) is 15.8. The molecule has 0 bridgehead atoms. The van der Waals surface area contributed by atoms with Crippen molar-refractivity contribution in [3.8, 4) is 0 Å². The van der Waals surface area contributed by atoms with Gasteiger partial charge in [0, 0.05) is 32.6 Å². The molecule has 1 aliphatic heterocycles. The topological polar surface area (TPSA) is 45.7 Å². The van der Waals surface area contributed by atoms with E-state index in [0.717, 1.165) is 18.7 Å². The number of hydrogen-bond donors (Lipinski definition) is 0. The van der Waals surface area contributed by atoms with E-state index in [2.05, 4.69) is 9.88 Å². The molecule has 1 aromatic rings. The molecule has 0 aliphatic carbocycles. The minimum Gasteiger partial charge on any atom is -0.383 e. The summed E-state index contributed by atoms with van der Waals surface area (Å²) in [4.78, 5) is 21.2. The van der Waals surface area contributed by atoms with Crippen molar-refractivity contribution in [1.29, 1.82) is 0 Å².